The van der Waals surface area contributed by atoms with E-state index < -0.39 is 0 Å². The zero-order chi connectivity index (χ0) is 5.11. The lowest BCUT2D eigenvalue weighted by atomic mass is 10.7. The number of allylic oxidation sites excluding steroid dienone is 1. The van der Waals surface area contributed by atoms with Crippen LogP contribution in [0.2, 0.25) is 0 Å². The Morgan fingerprint density at radius 2 is 2.57 bits per heavy atom. The maximum atomic E-state index is 4.79. The second kappa shape index (κ2) is 2.36. The topological polar surface area (TPSA) is 13.7 Å². The molecular formula is C3H4NOPS. The van der Waals surface area contributed by atoms with E-state index >= 15 is 0 Å². The van der Waals surface area contributed by atoms with Gasteiger partial charge in [-0.2, -0.15) is 0 Å². The van der Waals surface area contributed by atoms with E-state index in [0.29, 0.717) is 4.24 Å². The van der Waals surface area contributed by atoms with Crippen molar-refractivity contribution in [3.05, 3.63) is 12.3 Å². The van der Waals surface area contributed by atoms with Crippen LogP contribution in [0.4, 0.5) is 0 Å². The summed E-state index contributed by atoms with van der Waals surface area (Å²) in [7, 11) is 0.994. The Labute approximate surface area is 49.1 Å². The predicted octanol–water partition coefficient (Wildman–Crippen LogP) is -0.544. The monoisotopic (exact) mass is 133 g/mol. The van der Waals surface area contributed by atoms with Gasteiger partial charge in [0.25, 0.3) is 0 Å². The second-order valence-corrected chi connectivity index (χ2v) is 2.63. The number of quaternary nitrogens is 1. The highest BCUT2D eigenvalue weighted by molar-refractivity contribution is 7.56. The zero-order valence-electron chi connectivity index (χ0n) is 3.50. The molecule has 38 valence electrons. The predicted molar refractivity (Wildman–Crippen MR) is 31.5 cm³/mol. The van der Waals surface area contributed by atoms with E-state index in [1.54, 1.807) is 6.26 Å². The molecule has 0 fully saturated rings. The van der Waals surface area contributed by atoms with Crippen LogP contribution in [0.1, 0.15) is 0 Å². The summed E-state index contributed by atoms with van der Waals surface area (Å²) in [5, 5.41) is 0. The quantitative estimate of drug-likeness (QED) is 0.352. The summed E-state index contributed by atoms with van der Waals surface area (Å²) >= 11 is 4.69. The molecule has 0 saturated heterocycles. The molecule has 0 aromatic heterocycles. The molecule has 0 radical (unpaired) electrons. The largest absolute Gasteiger partial charge is 0.434 e. The standard InChI is InChI=1S/C3H4NOPS/c7-4-5-2-1-3-6-4/h1-4H. The lowest BCUT2D eigenvalue weighted by Crippen LogP contribution is -2.96. The van der Waals surface area contributed by atoms with Crippen molar-refractivity contribution in [3.63, 3.8) is 0 Å². The number of hydrogen-bond acceptors (Lipinski definition) is 2. The van der Waals surface area contributed by atoms with Crippen molar-refractivity contribution in [2.75, 3.05) is 0 Å². The van der Waals surface area contributed by atoms with Crippen LogP contribution >= 0.6 is 8.35 Å². The molecule has 1 atom stereocenters. The molecule has 0 saturated carbocycles. The maximum Gasteiger partial charge on any atom is 0.180 e. The van der Waals surface area contributed by atoms with Gasteiger partial charge in [-0.05, 0) is 6.08 Å². The minimum absolute atomic E-state index is 0.627. The van der Waals surface area contributed by atoms with E-state index in [1.807, 2.05) is 11.9 Å². The normalized spacial score (nSPS) is 29.6. The third kappa shape index (κ3) is 1.51. The van der Waals surface area contributed by atoms with Gasteiger partial charge >= 0.3 is 0 Å². The molecule has 1 aliphatic heterocycles. The molecule has 1 rings (SSSR count). The van der Waals surface area contributed by atoms with E-state index in [4.69, 9.17) is 4.84 Å². The molecule has 0 aromatic rings. The van der Waals surface area contributed by atoms with Crippen molar-refractivity contribution >= 4 is 27.0 Å². The van der Waals surface area contributed by atoms with Gasteiger partial charge in [-0.15, -0.1) is 0 Å². The molecule has 1 heterocycles. The van der Waals surface area contributed by atoms with Gasteiger partial charge in [-0.25, -0.2) is 4.24 Å². The molecule has 4 heteroatoms. The first-order valence-corrected chi connectivity index (χ1v) is 3.16. The number of hydrogen-bond donors (Lipinski definition) is 1. The van der Waals surface area contributed by atoms with Crippen molar-refractivity contribution in [3.8, 4) is 0 Å². The molecule has 7 heavy (non-hydrogen) atoms. The first-order valence-electron chi connectivity index (χ1n) is 1.79. The third-order valence-corrected chi connectivity index (χ3v) is 1.56. The van der Waals surface area contributed by atoms with Gasteiger partial charge < -0.3 is 17.7 Å². The van der Waals surface area contributed by atoms with Gasteiger partial charge in [0.05, 0.1) is 0 Å². The fraction of sp³-hybridized carbons (Fsp3) is 0. The lowest BCUT2D eigenvalue weighted by molar-refractivity contribution is -0.843. The van der Waals surface area contributed by atoms with Crippen molar-refractivity contribution in [2.45, 2.75) is 0 Å². The average Bonchev–Trinajstić information content (AvgIpc) is 1.69. The molecular weight excluding hydrogens is 129 g/mol. The summed E-state index contributed by atoms with van der Waals surface area (Å²) in [6.45, 7) is 0. The average molecular weight is 133 g/mol. The first kappa shape index (κ1) is 5.16. The fourth-order valence-corrected chi connectivity index (χ4v) is 0.905. The van der Waals surface area contributed by atoms with Crippen LogP contribution in [-0.2, 0) is 17.7 Å². The van der Waals surface area contributed by atoms with E-state index in [1.165, 1.54) is 0 Å². The molecule has 0 spiro atoms. The van der Waals surface area contributed by atoms with Crippen LogP contribution in [0, 0.1) is 0 Å². The van der Waals surface area contributed by atoms with Crippen LogP contribution in [0.3, 0.4) is 0 Å². The smallest absolute Gasteiger partial charge is 0.180 e. The summed E-state index contributed by atoms with van der Waals surface area (Å²) in [6.07, 6.45) is 3.41. The van der Waals surface area contributed by atoms with Crippen molar-refractivity contribution in [2.24, 2.45) is 0 Å². The Kier molecular flexibility index (Phi) is 1.74. The highest BCUT2D eigenvalue weighted by Crippen LogP contribution is 1.83. The Morgan fingerprint density at radius 1 is 1.71 bits per heavy atom. The summed E-state index contributed by atoms with van der Waals surface area (Å²) in [5.41, 5.74) is 0. The molecule has 0 aromatic carbocycles. The van der Waals surface area contributed by atoms with Crippen LogP contribution in [0.15, 0.2) is 12.3 Å². The van der Waals surface area contributed by atoms with Crippen LogP contribution < -0.4 is 4.24 Å². The summed E-state index contributed by atoms with van der Waals surface area (Å²) in [5.74, 6) is 1.94. The van der Waals surface area contributed by atoms with Gasteiger partial charge in [0.1, 0.15) is 0 Å². The van der Waals surface area contributed by atoms with Crippen molar-refractivity contribution < 1.29 is 9.08 Å². The molecule has 0 aliphatic carbocycles. The minimum atomic E-state index is 0.627. The zero-order valence-corrected chi connectivity index (χ0v) is 5.21. The van der Waals surface area contributed by atoms with Gasteiger partial charge in [0.2, 0.25) is 0 Å². The van der Waals surface area contributed by atoms with Crippen LogP contribution in [0.5, 0.6) is 0 Å². The van der Waals surface area contributed by atoms with E-state index in [9.17, 15) is 0 Å². The second-order valence-electron chi connectivity index (χ2n) is 0.990. The highest BCUT2D eigenvalue weighted by atomic mass is 32.1. The van der Waals surface area contributed by atoms with Gasteiger partial charge in [-0.3, -0.25) is 0 Å². The minimum Gasteiger partial charge on any atom is -0.434 e. The maximum absolute atomic E-state index is 4.79. The first-order chi connectivity index (χ1) is 3.39. The van der Waals surface area contributed by atoms with Crippen LogP contribution in [0.25, 0.3) is 0 Å². The SMILES string of the molecule is [S-][NH+]1OC=CC=P1. The van der Waals surface area contributed by atoms with E-state index in [0.717, 1.165) is 8.35 Å². The Hall–Kier alpha value is 0.0200. The summed E-state index contributed by atoms with van der Waals surface area (Å²) in [6, 6.07) is 0. The summed E-state index contributed by atoms with van der Waals surface area (Å²) in [4.78, 5) is 4.79. The van der Waals surface area contributed by atoms with Crippen molar-refractivity contribution in [1.82, 2.24) is 0 Å². The molecule has 0 amide bonds. The fourth-order valence-electron chi connectivity index (χ4n) is 0.267. The van der Waals surface area contributed by atoms with Crippen molar-refractivity contribution in [1.29, 1.82) is 0 Å². The number of nitrogens with one attached hydrogen (secondary N) is 1. The Morgan fingerprint density at radius 3 is 2.86 bits per heavy atom. The Bertz CT molecular complexity index is 114. The molecule has 0 bridgehead atoms. The molecule has 2 nitrogen and oxygen atoms in total. The third-order valence-electron chi connectivity index (χ3n) is 0.513. The van der Waals surface area contributed by atoms with Gasteiger partial charge in [-0.1, -0.05) is 0 Å². The highest BCUT2D eigenvalue weighted by Gasteiger charge is 1.87. The molecule has 1 unspecified atom stereocenters. The van der Waals surface area contributed by atoms with E-state index in [2.05, 4.69) is 12.8 Å². The number of rotatable bonds is 0. The van der Waals surface area contributed by atoms with Gasteiger partial charge in [0, 0.05) is 5.80 Å². The Balaban J connectivity index is 2.49. The molecule has 1 aliphatic rings. The summed E-state index contributed by atoms with van der Waals surface area (Å²) < 4.78 is 0.627. The van der Waals surface area contributed by atoms with Crippen LogP contribution in [-0.4, -0.2) is 5.80 Å². The molecule has 1 N–H and O–H groups in total. The van der Waals surface area contributed by atoms with Gasteiger partial charge in [0.15, 0.2) is 14.6 Å². The van der Waals surface area contributed by atoms with E-state index in [-0.39, 0.29) is 0 Å². The lowest BCUT2D eigenvalue weighted by Gasteiger charge is -2.13.